The molecule has 0 unspecified atom stereocenters. The standard InChI is InChI=1S/C10H12N2O2S/c1-12(2)11-10(14)9-8(4-3-6-13)5-7-15-9/h5,7,13H,6H2,1-2H3,(H,11,14). The van der Waals surface area contributed by atoms with Crippen molar-refractivity contribution in [3.05, 3.63) is 21.9 Å². The van der Waals surface area contributed by atoms with Crippen LogP contribution in [0, 0.1) is 11.8 Å². The van der Waals surface area contributed by atoms with Gasteiger partial charge in [-0.1, -0.05) is 11.8 Å². The fraction of sp³-hybridized carbons (Fsp3) is 0.300. The van der Waals surface area contributed by atoms with Gasteiger partial charge >= 0.3 is 0 Å². The minimum Gasteiger partial charge on any atom is -0.384 e. The maximum Gasteiger partial charge on any atom is 0.276 e. The Morgan fingerprint density at radius 3 is 3.00 bits per heavy atom. The van der Waals surface area contributed by atoms with Crippen molar-refractivity contribution in [1.29, 1.82) is 0 Å². The van der Waals surface area contributed by atoms with Gasteiger partial charge in [0, 0.05) is 19.7 Å². The number of nitrogens with zero attached hydrogens (tertiary/aromatic N) is 1. The second-order valence-corrected chi connectivity index (χ2v) is 3.87. The van der Waals surface area contributed by atoms with Crippen LogP contribution < -0.4 is 5.43 Å². The van der Waals surface area contributed by atoms with E-state index in [0.717, 1.165) is 0 Å². The fourth-order valence-corrected chi connectivity index (χ4v) is 1.71. The van der Waals surface area contributed by atoms with Crippen molar-refractivity contribution in [3.8, 4) is 11.8 Å². The van der Waals surface area contributed by atoms with Crippen molar-refractivity contribution in [2.75, 3.05) is 20.7 Å². The number of amides is 1. The quantitative estimate of drug-likeness (QED) is 0.561. The van der Waals surface area contributed by atoms with Gasteiger partial charge in [0.15, 0.2) is 0 Å². The molecule has 0 aromatic carbocycles. The second kappa shape index (κ2) is 5.51. The molecule has 0 spiro atoms. The number of nitrogens with one attached hydrogen (secondary N) is 1. The number of aliphatic hydroxyl groups excluding tert-OH is 1. The van der Waals surface area contributed by atoms with Crippen LogP contribution in [0.5, 0.6) is 0 Å². The van der Waals surface area contributed by atoms with Crippen LogP contribution in [0.25, 0.3) is 0 Å². The van der Waals surface area contributed by atoms with Crippen molar-refractivity contribution in [2.45, 2.75) is 0 Å². The lowest BCUT2D eigenvalue weighted by Gasteiger charge is -2.10. The third kappa shape index (κ3) is 3.36. The molecule has 0 saturated heterocycles. The van der Waals surface area contributed by atoms with Crippen LogP contribution in [-0.4, -0.2) is 36.7 Å². The van der Waals surface area contributed by atoms with E-state index in [1.165, 1.54) is 11.3 Å². The molecule has 0 atom stereocenters. The van der Waals surface area contributed by atoms with Crippen molar-refractivity contribution in [1.82, 2.24) is 10.4 Å². The number of hydrazine groups is 1. The Kier molecular flexibility index (Phi) is 4.31. The number of hydrogen-bond donors (Lipinski definition) is 2. The highest BCUT2D eigenvalue weighted by molar-refractivity contribution is 7.12. The predicted molar refractivity (Wildman–Crippen MR) is 59.4 cm³/mol. The van der Waals surface area contributed by atoms with E-state index in [1.807, 2.05) is 0 Å². The summed E-state index contributed by atoms with van der Waals surface area (Å²) >= 11 is 1.33. The van der Waals surface area contributed by atoms with Crippen LogP contribution in [0.1, 0.15) is 15.2 Å². The van der Waals surface area contributed by atoms with Gasteiger partial charge in [0.2, 0.25) is 0 Å². The molecule has 1 aromatic rings. The number of thiophene rings is 1. The molecule has 0 aliphatic heterocycles. The lowest BCUT2D eigenvalue weighted by Crippen LogP contribution is -2.35. The average Bonchev–Trinajstić information content (AvgIpc) is 2.61. The topological polar surface area (TPSA) is 52.6 Å². The molecular formula is C10H12N2O2S. The summed E-state index contributed by atoms with van der Waals surface area (Å²) in [6, 6.07) is 1.76. The SMILES string of the molecule is CN(C)NC(=O)c1sccc1C#CCO. The molecule has 4 nitrogen and oxygen atoms in total. The van der Waals surface area contributed by atoms with E-state index in [1.54, 1.807) is 30.6 Å². The van der Waals surface area contributed by atoms with Crippen molar-refractivity contribution < 1.29 is 9.90 Å². The van der Waals surface area contributed by atoms with E-state index in [-0.39, 0.29) is 12.5 Å². The van der Waals surface area contributed by atoms with E-state index in [2.05, 4.69) is 17.3 Å². The maximum absolute atomic E-state index is 11.6. The first-order valence-corrected chi connectivity index (χ1v) is 5.18. The first-order valence-electron chi connectivity index (χ1n) is 4.30. The molecule has 0 saturated carbocycles. The van der Waals surface area contributed by atoms with E-state index in [0.29, 0.717) is 10.4 Å². The van der Waals surface area contributed by atoms with Gasteiger partial charge in [-0.25, -0.2) is 5.01 Å². The lowest BCUT2D eigenvalue weighted by molar-refractivity contribution is 0.0861. The van der Waals surface area contributed by atoms with Crippen LogP contribution in [-0.2, 0) is 0 Å². The first kappa shape index (κ1) is 11.7. The Balaban J connectivity index is 2.85. The molecule has 0 aliphatic carbocycles. The van der Waals surface area contributed by atoms with Gasteiger partial charge in [0.05, 0.1) is 0 Å². The van der Waals surface area contributed by atoms with E-state index < -0.39 is 0 Å². The summed E-state index contributed by atoms with van der Waals surface area (Å²) in [6.07, 6.45) is 0. The summed E-state index contributed by atoms with van der Waals surface area (Å²) < 4.78 is 0. The third-order valence-corrected chi connectivity index (χ3v) is 2.41. The Morgan fingerprint density at radius 2 is 2.40 bits per heavy atom. The monoisotopic (exact) mass is 224 g/mol. The normalized spacial score (nSPS) is 9.60. The third-order valence-electron chi connectivity index (χ3n) is 1.50. The van der Waals surface area contributed by atoms with Crippen molar-refractivity contribution in [3.63, 3.8) is 0 Å². The zero-order valence-corrected chi connectivity index (χ0v) is 9.39. The van der Waals surface area contributed by atoms with E-state index in [4.69, 9.17) is 5.11 Å². The molecule has 0 fully saturated rings. The molecule has 1 amide bonds. The van der Waals surface area contributed by atoms with Crippen LogP contribution >= 0.6 is 11.3 Å². The van der Waals surface area contributed by atoms with Gasteiger partial charge in [-0.2, -0.15) is 0 Å². The molecule has 0 aliphatic rings. The smallest absolute Gasteiger partial charge is 0.276 e. The van der Waals surface area contributed by atoms with Gasteiger partial charge in [-0.15, -0.1) is 11.3 Å². The summed E-state index contributed by atoms with van der Waals surface area (Å²) in [5, 5.41) is 11.9. The molecule has 0 bridgehead atoms. The number of aliphatic hydroxyl groups is 1. The van der Waals surface area contributed by atoms with Crippen LogP contribution in [0.3, 0.4) is 0 Å². The predicted octanol–water partition coefficient (Wildman–Crippen LogP) is 0.298. The molecule has 5 heteroatoms. The Labute approximate surface area is 92.5 Å². The number of carbonyl (C=O) groups excluding carboxylic acids is 1. The molecular weight excluding hydrogens is 212 g/mol. The van der Waals surface area contributed by atoms with Gasteiger partial charge in [-0.05, 0) is 11.4 Å². The van der Waals surface area contributed by atoms with E-state index >= 15 is 0 Å². The van der Waals surface area contributed by atoms with Gasteiger partial charge in [0.1, 0.15) is 11.5 Å². The molecule has 0 radical (unpaired) electrons. The zero-order valence-electron chi connectivity index (χ0n) is 8.57. The average molecular weight is 224 g/mol. The molecule has 2 N–H and O–H groups in total. The molecule has 1 rings (SSSR count). The van der Waals surface area contributed by atoms with Crippen LogP contribution in [0.15, 0.2) is 11.4 Å². The van der Waals surface area contributed by atoms with Gasteiger partial charge < -0.3 is 5.11 Å². The summed E-state index contributed by atoms with van der Waals surface area (Å²) in [7, 11) is 3.48. The molecule has 1 aromatic heterocycles. The zero-order chi connectivity index (χ0) is 11.3. The molecule has 15 heavy (non-hydrogen) atoms. The lowest BCUT2D eigenvalue weighted by atomic mass is 10.2. The van der Waals surface area contributed by atoms with Crippen molar-refractivity contribution in [2.24, 2.45) is 0 Å². The molecule has 1 heterocycles. The molecule has 80 valence electrons. The Morgan fingerprint density at radius 1 is 1.67 bits per heavy atom. The second-order valence-electron chi connectivity index (χ2n) is 2.96. The largest absolute Gasteiger partial charge is 0.384 e. The summed E-state index contributed by atoms with van der Waals surface area (Å²) in [6.45, 7) is -0.204. The van der Waals surface area contributed by atoms with E-state index in [9.17, 15) is 4.79 Å². The highest BCUT2D eigenvalue weighted by atomic mass is 32.1. The summed E-state index contributed by atoms with van der Waals surface area (Å²) in [4.78, 5) is 12.2. The highest BCUT2D eigenvalue weighted by Crippen LogP contribution is 2.15. The Bertz CT molecular complexity index is 401. The Hall–Kier alpha value is -1.35. The maximum atomic E-state index is 11.6. The van der Waals surface area contributed by atoms with Crippen LogP contribution in [0.4, 0.5) is 0 Å². The van der Waals surface area contributed by atoms with Crippen LogP contribution in [0.2, 0.25) is 0 Å². The highest BCUT2D eigenvalue weighted by Gasteiger charge is 2.11. The van der Waals surface area contributed by atoms with Gasteiger partial charge in [0.25, 0.3) is 5.91 Å². The minimum atomic E-state index is -0.204. The first-order chi connectivity index (χ1) is 7.15. The number of hydrogen-bond acceptors (Lipinski definition) is 4. The number of carbonyl (C=O) groups is 1. The minimum absolute atomic E-state index is 0.183. The van der Waals surface area contributed by atoms with Gasteiger partial charge in [-0.3, -0.25) is 10.2 Å². The number of rotatable bonds is 2. The van der Waals surface area contributed by atoms with Crippen molar-refractivity contribution >= 4 is 17.2 Å². The summed E-state index contributed by atoms with van der Waals surface area (Å²) in [5.41, 5.74) is 3.28. The summed E-state index contributed by atoms with van der Waals surface area (Å²) in [5.74, 6) is 5.06. The fourth-order valence-electron chi connectivity index (χ4n) is 0.972.